The summed E-state index contributed by atoms with van der Waals surface area (Å²) in [4.78, 5) is 2.45. The lowest BCUT2D eigenvalue weighted by Gasteiger charge is -2.45. The summed E-state index contributed by atoms with van der Waals surface area (Å²) >= 11 is 0. The Bertz CT molecular complexity index is 641. The molecule has 0 saturated heterocycles. The highest BCUT2D eigenvalue weighted by molar-refractivity contribution is 5.74. The van der Waals surface area contributed by atoms with Crippen LogP contribution in [0.15, 0.2) is 48.5 Å². The van der Waals surface area contributed by atoms with Gasteiger partial charge in [-0.1, -0.05) is 24.6 Å². The van der Waals surface area contributed by atoms with Crippen LogP contribution in [0.3, 0.4) is 0 Å². The molecule has 2 unspecified atom stereocenters. The maximum Gasteiger partial charge on any atom is 0.145 e. The van der Waals surface area contributed by atoms with Crippen LogP contribution >= 0.6 is 0 Å². The predicted molar refractivity (Wildman–Crippen MR) is 86.1 cm³/mol. The van der Waals surface area contributed by atoms with E-state index in [1.165, 1.54) is 24.9 Å². The van der Waals surface area contributed by atoms with Gasteiger partial charge in [0.15, 0.2) is 0 Å². The SMILES string of the molecule is Nc1ccc2c(c1)OC1CCCCC1N2c1ccccc1. The number of rotatable bonds is 1. The predicted octanol–water partition coefficient (Wildman–Crippen LogP) is 4.11. The van der Waals surface area contributed by atoms with Crippen LogP contribution in [0.25, 0.3) is 0 Å². The molecule has 108 valence electrons. The lowest BCUT2D eigenvalue weighted by atomic mass is 9.89. The van der Waals surface area contributed by atoms with Crippen LogP contribution in [0.1, 0.15) is 25.7 Å². The van der Waals surface area contributed by atoms with Crippen molar-refractivity contribution in [3.8, 4) is 5.75 Å². The zero-order valence-corrected chi connectivity index (χ0v) is 12.0. The second-order valence-corrected chi connectivity index (χ2v) is 5.94. The zero-order valence-electron chi connectivity index (χ0n) is 12.0. The molecule has 1 aliphatic heterocycles. The van der Waals surface area contributed by atoms with Gasteiger partial charge in [0.2, 0.25) is 0 Å². The molecule has 1 aliphatic carbocycles. The molecule has 2 aromatic carbocycles. The summed E-state index contributed by atoms with van der Waals surface area (Å²) in [5, 5.41) is 0. The van der Waals surface area contributed by atoms with Gasteiger partial charge in [0.25, 0.3) is 0 Å². The van der Waals surface area contributed by atoms with Gasteiger partial charge in [-0.3, -0.25) is 0 Å². The normalized spacial score (nSPS) is 23.9. The molecular weight excluding hydrogens is 260 g/mol. The number of para-hydroxylation sites is 1. The van der Waals surface area contributed by atoms with Gasteiger partial charge in [-0.2, -0.15) is 0 Å². The lowest BCUT2D eigenvalue weighted by molar-refractivity contribution is 0.120. The van der Waals surface area contributed by atoms with Crippen LogP contribution in [0.2, 0.25) is 0 Å². The van der Waals surface area contributed by atoms with E-state index in [4.69, 9.17) is 10.5 Å². The highest BCUT2D eigenvalue weighted by Crippen LogP contribution is 2.45. The molecule has 1 heterocycles. The highest BCUT2D eigenvalue weighted by Gasteiger charge is 2.38. The summed E-state index contributed by atoms with van der Waals surface area (Å²) in [6.07, 6.45) is 5.11. The molecule has 3 heteroatoms. The molecule has 0 spiro atoms. The van der Waals surface area contributed by atoms with Crippen LogP contribution in [-0.4, -0.2) is 12.1 Å². The fourth-order valence-corrected chi connectivity index (χ4v) is 3.60. The van der Waals surface area contributed by atoms with Gasteiger partial charge in [-0.25, -0.2) is 0 Å². The summed E-state index contributed by atoms with van der Waals surface area (Å²) in [6, 6.07) is 17.0. The minimum absolute atomic E-state index is 0.272. The second-order valence-electron chi connectivity index (χ2n) is 5.94. The standard InChI is InChI=1S/C18H20N2O/c19-13-10-11-16-18(12-13)21-17-9-5-4-8-15(17)20(16)14-6-2-1-3-7-14/h1-3,6-7,10-12,15,17H,4-5,8-9,19H2. The van der Waals surface area contributed by atoms with E-state index in [2.05, 4.69) is 41.3 Å². The minimum Gasteiger partial charge on any atom is -0.486 e. The molecule has 2 aromatic rings. The van der Waals surface area contributed by atoms with E-state index in [0.29, 0.717) is 6.04 Å². The van der Waals surface area contributed by atoms with E-state index in [9.17, 15) is 0 Å². The average molecular weight is 280 g/mol. The van der Waals surface area contributed by atoms with Crippen molar-refractivity contribution < 1.29 is 4.74 Å². The number of nitrogens with two attached hydrogens (primary N) is 1. The van der Waals surface area contributed by atoms with Crippen molar-refractivity contribution in [3.05, 3.63) is 48.5 Å². The summed E-state index contributed by atoms with van der Waals surface area (Å²) in [6.45, 7) is 0. The third kappa shape index (κ3) is 2.13. The van der Waals surface area contributed by atoms with E-state index in [1.807, 2.05) is 12.1 Å². The van der Waals surface area contributed by atoms with Crippen molar-refractivity contribution in [1.29, 1.82) is 0 Å². The van der Waals surface area contributed by atoms with Gasteiger partial charge >= 0.3 is 0 Å². The van der Waals surface area contributed by atoms with E-state index in [0.717, 1.165) is 23.5 Å². The van der Waals surface area contributed by atoms with Crippen LogP contribution in [-0.2, 0) is 0 Å². The Morgan fingerprint density at radius 1 is 1.00 bits per heavy atom. The van der Waals surface area contributed by atoms with Crippen LogP contribution in [0.4, 0.5) is 17.1 Å². The molecular formula is C18H20N2O. The smallest absolute Gasteiger partial charge is 0.145 e. The van der Waals surface area contributed by atoms with E-state index in [1.54, 1.807) is 0 Å². The number of ether oxygens (including phenoxy) is 1. The molecule has 2 atom stereocenters. The fourth-order valence-electron chi connectivity index (χ4n) is 3.60. The maximum absolute atomic E-state index is 6.25. The Kier molecular flexibility index (Phi) is 2.99. The maximum atomic E-state index is 6.25. The molecule has 21 heavy (non-hydrogen) atoms. The first kappa shape index (κ1) is 12.6. The third-order valence-electron chi connectivity index (χ3n) is 4.56. The van der Waals surface area contributed by atoms with Gasteiger partial charge < -0.3 is 15.4 Å². The molecule has 3 nitrogen and oxygen atoms in total. The quantitative estimate of drug-likeness (QED) is 0.799. The highest BCUT2D eigenvalue weighted by atomic mass is 16.5. The monoisotopic (exact) mass is 280 g/mol. The molecule has 0 aromatic heterocycles. The second kappa shape index (κ2) is 4.99. The van der Waals surface area contributed by atoms with Gasteiger partial charge in [-0.05, 0) is 43.5 Å². The number of hydrogen-bond acceptors (Lipinski definition) is 3. The largest absolute Gasteiger partial charge is 0.486 e. The van der Waals surface area contributed by atoms with Crippen LogP contribution in [0, 0.1) is 0 Å². The van der Waals surface area contributed by atoms with Crippen molar-refractivity contribution in [2.45, 2.75) is 37.8 Å². The molecule has 1 saturated carbocycles. The Labute approximate surface area is 125 Å². The molecule has 2 aliphatic rings. The zero-order chi connectivity index (χ0) is 14.2. The lowest BCUT2D eigenvalue weighted by Crippen LogP contribution is -2.49. The molecule has 0 amide bonds. The third-order valence-corrected chi connectivity index (χ3v) is 4.56. The first-order chi connectivity index (χ1) is 10.3. The number of nitrogens with zero attached hydrogens (tertiary/aromatic N) is 1. The topological polar surface area (TPSA) is 38.5 Å². The molecule has 0 bridgehead atoms. The summed E-state index contributed by atoms with van der Waals surface area (Å²) in [5.74, 6) is 0.919. The number of anilines is 3. The first-order valence-corrected chi connectivity index (χ1v) is 7.73. The van der Waals surface area contributed by atoms with Gasteiger partial charge in [0.05, 0.1) is 11.7 Å². The van der Waals surface area contributed by atoms with Gasteiger partial charge in [-0.15, -0.1) is 0 Å². The van der Waals surface area contributed by atoms with Crippen LogP contribution < -0.4 is 15.4 Å². The molecule has 1 fully saturated rings. The molecule has 4 rings (SSSR count). The van der Waals surface area contributed by atoms with E-state index >= 15 is 0 Å². The summed E-state index contributed by atoms with van der Waals surface area (Å²) in [7, 11) is 0. The van der Waals surface area contributed by atoms with Crippen molar-refractivity contribution in [2.24, 2.45) is 0 Å². The first-order valence-electron chi connectivity index (χ1n) is 7.73. The van der Waals surface area contributed by atoms with Crippen molar-refractivity contribution in [3.63, 3.8) is 0 Å². The number of benzene rings is 2. The number of hydrogen-bond donors (Lipinski definition) is 1. The average Bonchev–Trinajstić information content (AvgIpc) is 2.53. The van der Waals surface area contributed by atoms with Gasteiger partial charge in [0.1, 0.15) is 11.9 Å². The Morgan fingerprint density at radius 3 is 2.67 bits per heavy atom. The Hall–Kier alpha value is -2.16. The van der Waals surface area contributed by atoms with E-state index < -0.39 is 0 Å². The Balaban J connectivity index is 1.85. The van der Waals surface area contributed by atoms with Crippen molar-refractivity contribution >= 4 is 17.1 Å². The van der Waals surface area contributed by atoms with Crippen molar-refractivity contribution in [2.75, 3.05) is 10.6 Å². The van der Waals surface area contributed by atoms with Crippen LogP contribution in [0.5, 0.6) is 5.75 Å². The number of nitrogen functional groups attached to an aromatic ring is 1. The Morgan fingerprint density at radius 2 is 1.81 bits per heavy atom. The summed E-state index contributed by atoms with van der Waals surface area (Å²) in [5.41, 5.74) is 9.07. The molecule has 0 radical (unpaired) electrons. The minimum atomic E-state index is 0.272. The van der Waals surface area contributed by atoms with Gasteiger partial charge in [0, 0.05) is 17.4 Å². The fraction of sp³-hybridized carbons (Fsp3) is 0.333. The molecule has 2 N–H and O–H groups in total. The van der Waals surface area contributed by atoms with E-state index in [-0.39, 0.29) is 6.10 Å². The summed E-state index contributed by atoms with van der Waals surface area (Å²) < 4.78 is 6.25. The van der Waals surface area contributed by atoms with Crippen molar-refractivity contribution in [1.82, 2.24) is 0 Å². The number of fused-ring (bicyclic) bond motifs is 2.